The first kappa shape index (κ1) is 22.3. The predicted molar refractivity (Wildman–Crippen MR) is 108 cm³/mol. The number of carbonyl (C=O) groups excluding carboxylic acids is 3. The Labute approximate surface area is 177 Å². The number of imide groups is 1. The van der Waals surface area contributed by atoms with Gasteiger partial charge in [0.1, 0.15) is 17.2 Å². The van der Waals surface area contributed by atoms with Gasteiger partial charge in [0.2, 0.25) is 10.0 Å². The number of halogens is 2. The molecule has 0 saturated carbocycles. The van der Waals surface area contributed by atoms with Gasteiger partial charge in [-0.15, -0.1) is 0 Å². The SMILES string of the molecule is CN(c1ccc(C(=O)CN2C(=O)NC(C)(c3cc(F)ccc3F)C2=O)cc1)S(C)(=O)=O. The Bertz CT molecular complexity index is 1180. The molecular formula is C20H19F2N3O5S. The van der Waals surface area contributed by atoms with E-state index in [9.17, 15) is 31.6 Å². The molecule has 0 aromatic heterocycles. The third kappa shape index (κ3) is 4.13. The van der Waals surface area contributed by atoms with Crippen LogP contribution in [0.2, 0.25) is 0 Å². The van der Waals surface area contributed by atoms with Gasteiger partial charge in [-0.05, 0) is 49.4 Å². The maximum Gasteiger partial charge on any atom is 0.325 e. The highest BCUT2D eigenvalue weighted by molar-refractivity contribution is 7.92. The van der Waals surface area contributed by atoms with E-state index >= 15 is 0 Å². The first-order valence-electron chi connectivity index (χ1n) is 9.01. The van der Waals surface area contributed by atoms with Crippen LogP contribution in [0.5, 0.6) is 0 Å². The fourth-order valence-electron chi connectivity index (χ4n) is 3.19. The second-order valence-corrected chi connectivity index (χ2v) is 9.28. The zero-order valence-electron chi connectivity index (χ0n) is 16.8. The number of rotatable bonds is 6. The Morgan fingerprint density at radius 2 is 1.74 bits per heavy atom. The van der Waals surface area contributed by atoms with Gasteiger partial charge >= 0.3 is 6.03 Å². The first-order chi connectivity index (χ1) is 14.3. The van der Waals surface area contributed by atoms with Gasteiger partial charge in [0.15, 0.2) is 5.78 Å². The zero-order chi connectivity index (χ0) is 23.1. The van der Waals surface area contributed by atoms with Gasteiger partial charge in [0.25, 0.3) is 5.91 Å². The monoisotopic (exact) mass is 451 g/mol. The number of nitrogens with zero attached hydrogens (tertiary/aromatic N) is 2. The summed E-state index contributed by atoms with van der Waals surface area (Å²) in [6.07, 6.45) is 1.03. The molecule has 1 fully saturated rings. The number of anilines is 1. The Balaban J connectivity index is 1.81. The maximum absolute atomic E-state index is 14.2. The van der Waals surface area contributed by atoms with Crippen LogP contribution >= 0.6 is 0 Å². The zero-order valence-corrected chi connectivity index (χ0v) is 17.7. The molecule has 1 atom stereocenters. The van der Waals surface area contributed by atoms with Gasteiger partial charge in [0.05, 0.1) is 18.5 Å². The number of benzene rings is 2. The van der Waals surface area contributed by atoms with Gasteiger partial charge in [0, 0.05) is 18.2 Å². The highest BCUT2D eigenvalue weighted by Gasteiger charge is 2.50. The number of Topliss-reactive ketones (excluding diaryl/α,β-unsaturated/α-hetero) is 1. The van der Waals surface area contributed by atoms with Crippen molar-refractivity contribution in [2.45, 2.75) is 12.5 Å². The average molecular weight is 451 g/mol. The summed E-state index contributed by atoms with van der Waals surface area (Å²) in [6.45, 7) is 0.601. The minimum atomic E-state index is -3.48. The van der Waals surface area contributed by atoms with E-state index in [0.717, 1.165) is 28.8 Å². The molecule has 0 radical (unpaired) electrons. The van der Waals surface area contributed by atoms with Crippen LogP contribution in [0.1, 0.15) is 22.8 Å². The number of sulfonamides is 1. The number of carbonyl (C=O) groups is 3. The van der Waals surface area contributed by atoms with E-state index < -0.39 is 51.5 Å². The van der Waals surface area contributed by atoms with Crippen LogP contribution in [0.25, 0.3) is 0 Å². The molecule has 164 valence electrons. The predicted octanol–water partition coefficient (Wildman–Crippen LogP) is 2.01. The molecule has 11 heteroatoms. The van der Waals surface area contributed by atoms with Crippen molar-refractivity contribution < 1.29 is 31.6 Å². The minimum absolute atomic E-state index is 0.136. The molecule has 0 spiro atoms. The van der Waals surface area contributed by atoms with Crippen LogP contribution in [-0.4, -0.2) is 50.9 Å². The summed E-state index contributed by atoms with van der Waals surface area (Å²) in [5.41, 5.74) is -1.76. The molecular weight excluding hydrogens is 432 g/mol. The van der Waals surface area contributed by atoms with E-state index in [0.29, 0.717) is 10.6 Å². The number of urea groups is 1. The van der Waals surface area contributed by atoms with Gasteiger partial charge in [-0.3, -0.25) is 18.8 Å². The molecule has 2 aromatic rings. The van der Waals surface area contributed by atoms with Crippen LogP contribution in [-0.2, 0) is 20.4 Å². The Morgan fingerprint density at radius 3 is 2.32 bits per heavy atom. The molecule has 0 aliphatic carbocycles. The number of nitrogens with one attached hydrogen (secondary N) is 1. The Hall–Kier alpha value is -3.34. The fourth-order valence-corrected chi connectivity index (χ4v) is 3.69. The van der Waals surface area contributed by atoms with E-state index in [1.54, 1.807) is 0 Å². The summed E-state index contributed by atoms with van der Waals surface area (Å²) in [4.78, 5) is 38.4. The molecule has 1 aliphatic heterocycles. The molecule has 0 bridgehead atoms. The van der Waals surface area contributed by atoms with E-state index in [4.69, 9.17) is 0 Å². The van der Waals surface area contributed by atoms with Crippen molar-refractivity contribution >= 4 is 33.4 Å². The Kier molecular flexibility index (Phi) is 5.57. The van der Waals surface area contributed by atoms with E-state index in [1.165, 1.54) is 38.2 Å². The van der Waals surface area contributed by atoms with Crippen molar-refractivity contribution in [3.8, 4) is 0 Å². The second kappa shape index (κ2) is 7.73. The van der Waals surface area contributed by atoms with Crippen molar-refractivity contribution in [2.24, 2.45) is 0 Å². The van der Waals surface area contributed by atoms with Crippen molar-refractivity contribution in [2.75, 3.05) is 24.2 Å². The van der Waals surface area contributed by atoms with E-state index in [1.807, 2.05) is 0 Å². The molecule has 1 unspecified atom stereocenters. The normalized spacial score (nSPS) is 18.8. The molecule has 8 nitrogen and oxygen atoms in total. The summed E-state index contributed by atoms with van der Waals surface area (Å²) in [5.74, 6) is -3.16. The highest BCUT2D eigenvalue weighted by Crippen LogP contribution is 2.31. The molecule has 2 aromatic carbocycles. The third-order valence-corrected chi connectivity index (χ3v) is 6.30. The van der Waals surface area contributed by atoms with Crippen molar-refractivity contribution in [3.05, 3.63) is 65.2 Å². The van der Waals surface area contributed by atoms with Crippen molar-refractivity contribution in [3.63, 3.8) is 0 Å². The van der Waals surface area contributed by atoms with Gasteiger partial charge in [-0.2, -0.15) is 0 Å². The molecule has 31 heavy (non-hydrogen) atoms. The summed E-state index contributed by atoms with van der Waals surface area (Å²) in [7, 11) is -2.13. The fraction of sp³-hybridized carbons (Fsp3) is 0.250. The van der Waals surface area contributed by atoms with Crippen LogP contribution < -0.4 is 9.62 Å². The highest BCUT2D eigenvalue weighted by atomic mass is 32.2. The lowest BCUT2D eigenvalue weighted by molar-refractivity contribution is -0.130. The van der Waals surface area contributed by atoms with E-state index in [2.05, 4.69) is 5.32 Å². The lowest BCUT2D eigenvalue weighted by Gasteiger charge is -2.22. The first-order valence-corrected chi connectivity index (χ1v) is 10.9. The molecule has 1 saturated heterocycles. The lowest BCUT2D eigenvalue weighted by Crippen LogP contribution is -2.42. The van der Waals surface area contributed by atoms with Gasteiger partial charge in [-0.1, -0.05) is 0 Å². The number of amides is 3. The average Bonchev–Trinajstić information content (AvgIpc) is 2.92. The number of ketones is 1. The molecule has 3 rings (SSSR count). The molecule has 3 amide bonds. The largest absolute Gasteiger partial charge is 0.325 e. The summed E-state index contributed by atoms with van der Waals surface area (Å²) in [6, 6.07) is 7.17. The molecule has 1 heterocycles. The minimum Gasteiger partial charge on any atom is -0.319 e. The topological polar surface area (TPSA) is 104 Å². The van der Waals surface area contributed by atoms with Gasteiger partial charge in [-0.25, -0.2) is 22.0 Å². The third-order valence-electron chi connectivity index (χ3n) is 5.09. The van der Waals surface area contributed by atoms with Crippen molar-refractivity contribution in [1.82, 2.24) is 10.2 Å². The van der Waals surface area contributed by atoms with Crippen LogP contribution in [0.15, 0.2) is 42.5 Å². The van der Waals surface area contributed by atoms with Gasteiger partial charge < -0.3 is 5.32 Å². The quantitative estimate of drug-likeness (QED) is 0.535. The summed E-state index contributed by atoms with van der Waals surface area (Å²) in [5, 5.41) is 2.32. The number of hydrogen-bond donors (Lipinski definition) is 1. The molecule has 1 N–H and O–H groups in total. The molecule has 1 aliphatic rings. The summed E-state index contributed by atoms with van der Waals surface area (Å²) < 4.78 is 52.0. The van der Waals surface area contributed by atoms with Crippen LogP contribution in [0.4, 0.5) is 19.3 Å². The Morgan fingerprint density at radius 1 is 1.13 bits per heavy atom. The lowest BCUT2D eigenvalue weighted by atomic mass is 9.91. The number of hydrogen-bond acceptors (Lipinski definition) is 5. The van der Waals surface area contributed by atoms with Crippen LogP contribution in [0.3, 0.4) is 0 Å². The standard InChI is InChI=1S/C20H19F2N3O5S/c1-20(15-10-13(21)6-9-16(15)22)18(27)25(19(28)23-20)11-17(26)12-4-7-14(8-5-12)24(2)31(3,29)30/h4-10H,11H2,1-3H3,(H,23,28). The van der Waals surface area contributed by atoms with Crippen LogP contribution in [0, 0.1) is 11.6 Å². The van der Waals surface area contributed by atoms with E-state index in [-0.39, 0.29) is 11.1 Å². The summed E-state index contributed by atoms with van der Waals surface area (Å²) >= 11 is 0. The maximum atomic E-state index is 14.2. The smallest absolute Gasteiger partial charge is 0.319 e. The van der Waals surface area contributed by atoms with Crippen molar-refractivity contribution in [1.29, 1.82) is 0 Å². The second-order valence-electron chi connectivity index (χ2n) is 7.27.